The van der Waals surface area contributed by atoms with E-state index in [1.807, 2.05) is 4.90 Å². The Bertz CT molecular complexity index is 863. The van der Waals surface area contributed by atoms with E-state index in [1.165, 1.54) is 25.3 Å². The molecule has 0 N–H and O–H groups in total. The molecule has 0 saturated carbocycles. The molecular formula is C18H17F3N4O3. The molecule has 28 heavy (non-hydrogen) atoms. The maximum absolute atomic E-state index is 12.6. The molecule has 2 aromatic rings. The molecule has 0 aromatic carbocycles. The third-order valence-electron chi connectivity index (χ3n) is 4.33. The lowest BCUT2D eigenvalue weighted by atomic mass is 10.2. The van der Waals surface area contributed by atoms with Gasteiger partial charge in [0.15, 0.2) is 0 Å². The van der Waals surface area contributed by atoms with Crippen molar-refractivity contribution < 1.29 is 27.5 Å². The first-order valence-electron chi connectivity index (χ1n) is 8.42. The lowest BCUT2D eigenvalue weighted by molar-refractivity contribution is -0.137. The second-order valence-corrected chi connectivity index (χ2v) is 6.08. The highest BCUT2D eigenvalue weighted by atomic mass is 19.4. The lowest BCUT2D eigenvalue weighted by Gasteiger charge is -2.35. The zero-order chi connectivity index (χ0) is 20.3. The molecule has 0 bridgehead atoms. The van der Waals surface area contributed by atoms with E-state index >= 15 is 0 Å². The molecule has 7 nitrogen and oxygen atoms in total. The molecule has 1 fully saturated rings. The summed E-state index contributed by atoms with van der Waals surface area (Å²) in [7, 11) is 1.23. The molecule has 0 spiro atoms. The summed E-state index contributed by atoms with van der Waals surface area (Å²) in [5, 5.41) is 0. The minimum absolute atomic E-state index is 0.0425. The summed E-state index contributed by atoms with van der Waals surface area (Å²) >= 11 is 0. The highest BCUT2D eigenvalue weighted by Crippen LogP contribution is 2.29. The molecule has 0 atom stereocenters. The average Bonchev–Trinajstić information content (AvgIpc) is 2.72. The zero-order valence-corrected chi connectivity index (χ0v) is 14.9. The van der Waals surface area contributed by atoms with Gasteiger partial charge in [0, 0.05) is 32.4 Å². The average molecular weight is 394 g/mol. The topological polar surface area (TPSA) is 75.6 Å². The van der Waals surface area contributed by atoms with Gasteiger partial charge in [-0.25, -0.2) is 14.8 Å². The normalized spacial score (nSPS) is 14.7. The number of hydrogen-bond donors (Lipinski definition) is 0. The van der Waals surface area contributed by atoms with Gasteiger partial charge >= 0.3 is 12.1 Å². The van der Waals surface area contributed by atoms with Gasteiger partial charge in [0.1, 0.15) is 17.2 Å². The quantitative estimate of drug-likeness (QED) is 0.744. The fraction of sp³-hybridized carbons (Fsp3) is 0.333. The summed E-state index contributed by atoms with van der Waals surface area (Å²) in [6.45, 7) is 1.54. The van der Waals surface area contributed by atoms with Gasteiger partial charge in [-0.2, -0.15) is 13.2 Å². The van der Waals surface area contributed by atoms with Crippen molar-refractivity contribution in [1.82, 2.24) is 14.9 Å². The van der Waals surface area contributed by atoms with Crippen LogP contribution in [0.5, 0.6) is 0 Å². The summed E-state index contributed by atoms with van der Waals surface area (Å²) in [6, 6.07) is 6.83. The first kappa shape index (κ1) is 19.6. The predicted molar refractivity (Wildman–Crippen MR) is 92.9 cm³/mol. The number of anilines is 1. The molecular weight excluding hydrogens is 377 g/mol. The molecule has 0 aliphatic carbocycles. The first-order valence-corrected chi connectivity index (χ1v) is 8.42. The minimum atomic E-state index is -4.43. The van der Waals surface area contributed by atoms with Gasteiger partial charge in [-0.3, -0.25) is 4.79 Å². The Morgan fingerprint density at radius 1 is 1.04 bits per heavy atom. The molecule has 1 saturated heterocycles. The Labute approximate surface area is 158 Å². The largest absolute Gasteiger partial charge is 0.464 e. The number of halogens is 3. The third-order valence-corrected chi connectivity index (χ3v) is 4.33. The van der Waals surface area contributed by atoms with E-state index in [0.29, 0.717) is 32.0 Å². The molecule has 148 valence electrons. The van der Waals surface area contributed by atoms with Crippen LogP contribution in [0.1, 0.15) is 26.5 Å². The van der Waals surface area contributed by atoms with Gasteiger partial charge in [-0.1, -0.05) is 6.07 Å². The van der Waals surface area contributed by atoms with Gasteiger partial charge in [-0.05, 0) is 24.3 Å². The van der Waals surface area contributed by atoms with E-state index < -0.39 is 17.7 Å². The second kappa shape index (κ2) is 7.83. The van der Waals surface area contributed by atoms with Crippen LogP contribution in [0.15, 0.2) is 36.5 Å². The number of esters is 1. The molecule has 1 aliphatic heterocycles. The summed E-state index contributed by atoms with van der Waals surface area (Å²) in [5.41, 5.74) is -0.633. The Balaban J connectivity index is 1.64. The molecule has 2 aromatic heterocycles. The summed E-state index contributed by atoms with van der Waals surface area (Å²) in [5.74, 6) is -0.537. The number of aromatic nitrogens is 2. The molecule has 1 aliphatic rings. The fourth-order valence-electron chi connectivity index (χ4n) is 2.81. The number of amides is 1. The van der Waals surface area contributed by atoms with Crippen molar-refractivity contribution in [3.63, 3.8) is 0 Å². The Morgan fingerprint density at radius 2 is 1.71 bits per heavy atom. The van der Waals surface area contributed by atoms with Crippen LogP contribution in [-0.4, -0.2) is 60.0 Å². The maximum atomic E-state index is 12.6. The smallest absolute Gasteiger partial charge is 0.417 e. The maximum Gasteiger partial charge on any atom is 0.417 e. The number of methoxy groups -OCH3 is 1. The van der Waals surface area contributed by atoms with Crippen molar-refractivity contribution in [1.29, 1.82) is 0 Å². The van der Waals surface area contributed by atoms with E-state index in [2.05, 4.69) is 14.7 Å². The number of piperazine rings is 1. The summed E-state index contributed by atoms with van der Waals surface area (Å²) in [6.07, 6.45) is -3.63. The monoisotopic (exact) mass is 394 g/mol. The van der Waals surface area contributed by atoms with E-state index in [9.17, 15) is 22.8 Å². The lowest BCUT2D eigenvalue weighted by Crippen LogP contribution is -2.49. The van der Waals surface area contributed by atoms with Gasteiger partial charge in [0.05, 0.1) is 12.7 Å². The van der Waals surface area contributed by atoms with Gasteiger partial charge in [-0.15, -0.1) is 0 Å². The summed E-state index contributed by atoms with van der Waals surface area (Å²) in [4.78, 5) is 35.5. The van der Waals surface area contributed by atoms with Crippen LogP contribution in [0.25, 0.3) is 0 Å². The summed E-state index contributed by atoms with van der Waals surface area (Å²) < 4.78 is 42.5. The van der Waals surface area contributed by atoms with Crippen LogP contribution in [0.4, 0.5) is 19.0 Å². The van der Waals surface area contributed by atoms with E-state index in [-0.39, 0.29) is 17.3 Å². The number of alkyl halides is 3. The predicted octanol–water partition coefficient (Wildman–Crippen LogP) is 2.24. The fourth-order valence-corrected chi connectivity index (χ4v) is 2.81. The highest BCUT2D eigenvalue weighted by Gasteiger charge is 2.31. The molecule has 0 radical (unpaired) electrons. The first-order chi connectivity index (χ1) is 13.3. The SMILES string of the molecule is COC(=O)c1cccc(C(=O)N2CCN(c3ccc(C(F)(F)F)cn3)CC2)n1. The van der Waals surface area contributed by atoms with Crippen molar-refractivity contribution in [3.05, 3.63) is 53.5 Å². The minimum Gasteiger partial charge on any atom is -0.464 e. The van der Waals surface area contributed by atoms with Crippen LogP contribution in [0.3, 0.4) is 0 Å². The van der Waals surface area contributed by atoms with Crippen molar-refractivity contribution in [2.24, 2.45) is 0 Å². The number of ether oxygens (including phenoxy) is 1. The van der Waals surface area contributed by atoms with Gasteiger partial charge < -0.3 is 14.5 Å². The van der Waals surface area contributed by atoms with Crippen LogP contribution in [-0.2, 0) is 10.9 Å². The molecule has 10 heteroatoms. The van der Waals surface area contributed by atoms with Gasteiger partial charge in [0.25, 0.3) is 5.91 Å². The molecule has 3 rings (SSSR count). The number of carbonyl (C=O) groups is 2. The Morgan fingerprint density at radius 3 is 2.29 bits per heavy atom. The van der Waals surface area contributed by atoms with Crippen LogP contribution >= 0.6 is 0 Å². The number of nitrogens with zero attached hydrogens (tertiary/aromatic N) is 4. The third kappa shape index (κ3) is 4.21. The molecule has 0 unspecified atom stereocenters. The van der Waals surface area contributed by atoms with Crippen LogP contribution in [0.2, 0.25) is 0 Å². The highest BCUT2D eigenvalue weighted by molar-refractivity contribution is 5.94. The second-order valence-electron chi connectivity index (χ2n) is 6.08. The van der Waals surface area contributed by atoms with Crippen molar-refractivity contribution in [2.75, 3.05) is 38.2 Å². The van der Waals surface area contributed by atoms with E-state index in [4.69, 9.17) is 0 Å². The number of hydrogen-bond acceptors (Lipinski definition) is 6. The number of carbonyl (C=O) groups excluding carboxylic acids is 2. The standard InChI is InChI=1S/C18H17F3N4O3/c1-28-17(27)14-4-2-3-13(23-14)16(26)25-9-7-24(8-10-25)15-6-5-12(11-22-15)18(19,20)21/h2-6,11H,7-10H2,1H3. The van der Waals surface area contributed by atoms with Crippen molar-refractivity contribution in [3.8, 4) is 0 Å². The number of rotatable bonds is 3. The Kier molecular flexibility index (Phi) is 5.48. The van der Waals surface area contributed by atoms with Gasteiger partial charge in [0.2, 0.25) is 0 Å². The van der Waals surface area contributed by atoms with E-state index in [0.717, 1.165) is 12.3 Å². The molecule has 1 amide bonds. The Hall–Kier alpha value is -3.17. The zero-order valence-electron chi connectivity index (χ0n) is 14.9. The van der Waals surface area contributed by atoms with Crippen molar-refractivity contribution >= 4 is 17.7 Å². The van der Waals surface area contributed by atoms with E-state index in [1.54, 1.807) is 11.0 Å². The molecule has 3 heterocycles. The van der Waals surface area contributed by atoms with Crippen LogP contribution < -0.4 is 4.90 Å². The van der Waals surface area contributed by atoms with Crippen molar-refractivity contribution in [2.45, 2.75) is 6.18 Å². The number of pyridine rings is 2. The van der Waals surface area contributed by atoms with Crippen LogP contribution in [0, 0.1) is 0 Å².